The Morgan fingerprint density at radius 3 is 2.88 bits per heavy atom. The SMILES string of the molecule is CCCOc1ccc(/C=C/C(=O)Nc2nnc(SCC)s2)cc1OC. The Morgan fingerprint density at radius 1 is 1.32 bits per heavy atom. The van der Waals surface area contributed by atoms with Gasteiger partial charge in [-0.15, -0.1) is 10.2 Å². The second-order valence-corrected chi connectivity index (χ2v) is 7.38. The number of amides is 1. The molecule has 1 amide bonds. The van der Waals surface area contributed by atoms with Gasteiger partial charge in [-0.05, 0) is 35.9 Å². The van der Waals surface area contributed by atoms with Crippen LogP contribution in [-0.2, 0) is 4.79 Å². The number of anilines is 1. The highest BCUT2D eigenvalue weighted by Gasteiger charge is 2.07. The van der Waals surface area contributed by atoms with Crippen LogP contribution in [0.2, 0.25) is 0 Å². The molecule has 0 bridgehead atoms. The zero-order valence-electron chi connectivity index (χ0n) is 14.4. The highest BCUT2D eigenvalue weighted by molar-refractivity contribution is 8.01. The van der Waals surface area contributed by atoms with E-state index < -0.39 is 0 Å². The highest BCUT2D eigenvalue weighted by atomic mass is 32.2. The third-order valence-corrected chi connectivity index (χ3v) is 4.84. The second-order valence-electron chi connectivity index (χ2n) is 4.89. The number of benzene rings is 1. The Bertz CT molecular complexity index is 732. The van der Waals surface area contributed by atoms with E-state index in [0.29, 0.717) is 23.2 Å². The minimum atomic E-state index is -0.255. The molecule has 0 saturated carbocycles. The van der Waals surface area contributed by atoms with E-state index in [1.165, 1.54) is 17.4 Å². The number of thioether (sulfide) groups is 1. The number of carbonyl (C=O) groups excluding carboxylic acids is 1. The fourth-order valence-electron chi connectivity index (χ4n) is 1.88. The summed E-state index contributed by atoms with van der Waals surface area (Å²) >= 11 is 2.96. The van der Waals surface area contributed by atoms with Crippen molar-refractivity contribution in [3.63, 3.8) is 0 Å². The van der Waals surface area contributed by atoms with Crippen molar-refractivity contribution >= 4 is 40.2 Å². The molecule has 2 aromatic rings. The van der Waals surface area contributed by atoms with E-state index in [1.807, 2.05) is 32.0 Å². The number of nitrogens with zero attached hydrogens (tertiary/aromatic N) is 2. The minimum Gasteiger partial charge on any atom is -0.493 e. The van der Waals surface area contributed by atoms with Gasteiger partial charge in [0, 0.05) is 6.08 Å². The van der Waals surface area contributed by atoms with Crippen molar-refractivity contribution in [1.29, 1.82) is 0 Å². The average molecular weight is 380 g/mol. The number of aromatic nitrogens is 2. The van der Waals surface area contributed by atoms with Crippen LogP contribution in [0, 0.1) is 0 Å². The lowest BCUT2D eigenvalue weighted by molar-refractivity contribution is -0.111. The molecule has 0 spiro atoms. The van der Waals surface area contributed by atoms with Crippen molar-refractivity contribution in [2.75, 3.05) is 24.8 Å². The van der Waals surface area contributed by atoms with Crippen LogP contribution in [0.25, 0.3) is 6.08 Å². The summed E-state index contributed by atoms with van der Waals surface area (Å²) in [6, 6.07) is 5.54. The van der Waals surface area contributed by atoms with E-state index in [-0.39, 0.29) is 5.91 Å². The van der Waals surface area contributed by atoms with E-state index in [0.717, 1.165) is 22.1 Å². The molecule has 0 atom stereocenters. The first kappa shape index (κ1) is 19.3. The summed E-state index contributed by atoms with van der Waals surface area (Å²) in [5.41, 5.74) is 0.843. The lowest BCUT2D eigenvalue weighted by Crippen LogP contribution is -2.07. The smallest absolute Gasteiger partial charge is 0.250 e. The van der Waals surface area contributed by atoms with Crippen LogP contribution in [0.5, 0.6) is 11.5 Å². The summed E-state index contributed by atoms with van der Waals surface area (Å²) in [5, 5.41) is 11.1. The molecule has 1 aromatic heterocycles. The van der Waals surface area contributed by atoms with Crippen LogP contribution in [0.3, 0.4) is 0 Å². The monoisotopic (exact) mass is 379 g/mol. The Kier molecular flexibility index (Phi) is 7.75. The van der Waals surface area contributed by atoms with E-state index >= 15 is 0 Å². The first-order valence-electron chi connectivity index (χ1n) is 7.92. The predicted octanol–water partition coefficient (Wildman–Crippen LogP) is 4.10. The second kappa shape index (κ2) is 10.0. The van der Waals surface area contributed by atoms with Gasteiger partial charge in [0.05, 0.1) is 13.7 Å². The quantitative estimate of drug-likeness (QED) is 0.402. The lowest BCUT2D eigenvalue weighted by Gasteiger charge is -2.10. The zero-order valence-corrected chi connectivity index (χ0v) is 16.1. The number of rotatable bonds is 9. The molecule has 0 unspecified atom stereocenters. The molecule has 25 heavy (non-hydrogen) atoms. The molecular weight excluding hydrogens is 358 g/mol. The van der Waals surface area contributed by atoms with Crippen LogP contribution >= 0.6 is 23.1 Å². The summed E-state index contributed by atoms with van der Waals surface area (Å²) in [6.45, 7) is 4.72. The topological polar surface area (TPSA) is 73.3 Å². The number of nitrogens with one attached hydrogen (secondary N) is 1. The zero-order chi connectivity index (χ0) is 18.1. The summed E-state index contributed by atoms with van der Waals surface area (Å²) < 4.78 is 11.8. The molecule has 2 rings (SSSR count). The van der Waals surface area contributed by atoms with Crippen molar-refractivity contribution in [2.24, 2.45) is 0 Å². The van der Waals surface area contributed by atoms with E-state index in [2.05, 4.69) is 15.5 Å². The lowest BCUT2D eigenvalue weighted by atomic mass is 10.2. The van der Waals surface area contributed by atoms with Gasteiger partial charge in [0.15, 0.2) is 15.8 Å². The molecule has 1 N–H and O–H groups in total. The molecule has 1 heterocycles. The van der Waals surface area contributed by atoms with Gasteiger partial charge in [-0.25, -0.2) is 0 Å². The molecule has 134 valence electrons. The minimum absolute atomic E-state index is 0.255. The van der Waals surface area contributed by atoms with E-state index in [9.17, 15) is 4.79 Å². The maximum absolute atomic E-state index is 12.0. The van der Waals surface area contributed by atoms with Crippen LogP contribution in [0.1, 0.15) is 25.8 Å². The maximum atomic E-state index is 12.0. The third-order valence-electron chi connectivity index (χ3n) is 2.98. The van der Waals surface area contributed by atoms with Crippen molar-refractivity contribution in [3.05, 3.63) is 29.8 Å². The first-order valence-corrected chi connectivity index (χ1v) is 9.72. The van der Waals surface area contributed by atoms with Crippen LogP contribution < -0.4 is 14.8 Å². The summed E-state index contributed by atoms with van der Waals surface area (Å²) in [7, 11) is 1.59. The van der Waals surface area contributed by atoms with Crippen molar-refractivity contribution < 1.29 is 14.3 Å². The van der Waals surface area contributed by atoms with Gasteiger partial charge in [0.1, 0.15) is 0 Å². The van der Waals surface area contributed by atoms with Crippen LogP contribution in [-0.4, -0.2) is 35.6 Å². The molecule has 0 saturated heterocycles. The van der Waals surface area contributed by atoms with Gasteiger partial charge in [-0.2, -0.15) is 0 Å². The number of hydrogen-bond donors (Lipinski definition) is 1. The summed E-state index contributed by atoms with van der Waals surface area (Å²) in [4.78, 5) is 12.0. The molecule has 0 radical (unpaired) electrons. The van der Waals surface area contributed by atoms with Crippen molar-refractivity contribution in [1.82, 2.24) is 10.2 Å². The van der Waals surface area contributed by atoms with E-state index in [1.54, 1.807) is 24.9 Å². The number of ether oxygens (including phenoxy) is 2. The van der Waals surface area contributed by atoms with Gasteiger partial charge >= 0.3 is 0 Å². The van der Waals surface area contributed by atoms with Gasteiger partial charge in [-0.1, -0.05) is 43.0 Å². The standard InChI is InChI=1S/C17H21N3O3S2/c1-4-10-23-13-8-6-12(11-14(13)22-3)7-9-15(21)18-16-19-20-17(25-16)24-5-2/h6-9,11H,4-5,10H2,1-3H3,(H,18,19,21)/b9-7+. The Hall–Kier alpha value is -2.06. The fourth-order valence-corrected chi connectivity index (χ4v) is 3.53. The summed E-state index contributed by atoms with van der Waals surface area (Å²) in [6.07, 6.45) is 4.09. The Morgan fingerprint density at radius 2 is 2.16 bits per heavy atom. The highest BCUT2D eigenvalue weighted by Crippen LogP contribution is 2.29. The van der Waals surface area contributed by atoms with Crippen LogP contribution in [0.15, 0.2) is 28.6 Å². The largest absolute Gasteiger partial charge is 0.493 e. The van der Waals surface area contributed by atoms with Crippen molar-refractivity contribution in [2.45, 2.75) is 24.6 Å². The third kappa shape index (κ3) is 6.06. The van der Waals surface area contributed by atoms with Crippen LogP contribution in [0.4, 0.5) is 5.13 Å². The molecule has 0 aliphatic rings. The molecule has 0 aliphatic carbocycles. The maximum Gasteiger partial charge on any atom is 0.250 e. The normalized spacial score (nSPS) is 10.8. The average Bonchev–Trinajstić information content (AvgIpc) is 3.05. The van der Waals surface area contributed by atoms with Gasteiger partial charge in [-0.3, -0.25) is 10.1 Å². The fraction of sp³-hybridized carbons (Fsp3) is 0.353. The molecule has 0 fully saturated rings. The molecule has 8 heteroatoms. The summed E-state index contributed by atoms with van der Waals surface area (Å²) in [5.74, 6) is 2.00. The van der Waals surface area contributed by atoms with Gasteiger partial charge in [0.2, 0.25) is 11.0 Å². The van der Waals surface area contributed by atoms with E-state index in [4.69, 9.17) is 9.47 Å². The predicted molar refractivity (Wildman–Crippen MR) is 103 cm³/mol. The van der Waals surface area contributed by atoms with Gasteiger partial charge < -0.3 is 9.47 Å². The molecular formula is C17H21N3O3S2. The first-order chi connectivity index (χ1) is 12.2. The Balaban J connectivity index is 1.98. The van der Waals surface area contributed by atoms with Crippen molar-refractivity contribution in [3.8, 4) is 11.5 Å². The Labute approximate surface area is 155 Å². The number of methoxy groups -OCH3 is 1. The van der Waals surface area contributed by atoms with Gasteiger partial charge in [0.25, 0.3) is 0 Å². The molecule has 6 nitrogen and oxygen atoms in total. The number of carbonyl (C=O) groups is 1. The molecule has 1 aromatic carbocycles. The molecule has 0 aliphatic heterocycles. The number of hydrogen-bond acceptors (Lipinski definition) is 7.